The lowest BCUT2D eigenvalue weighted by Gasteiger charge is -2.25. The first-order valence-corrected chi connectivity index (χ1v) is 8.51. The number of aliphatic hydroxyl groups is 1. The minimum absolute atomic E-state index is 0. The fraction of sp³-hybridized carbons (Fsp3) is 0.316. The smallest absolute Gasteiger partial charge is 0.246 e. The van der Waals surface area contributed by atoms with Gasteiger partial charge in [-0.2, -0.15) is 0 Å². The highest BCUT2D eigenvalue weighted by atomic mass is 127. The highest BCUT2D eigenvalue weighted by Crippen LogP contribution is 2.18. The molecule has 0 spiro atoms. The van der Waals surface area contributed by atoms with Crippen molar-refractivity contribution in [2.45, 2.75) is 19.4 Å². The van der Waals surface area contributed by atoms with Crippen LogP contribution in [-0.4, -0.2) is 41.6 Å². The Labute approximate surface area is 176 Å². The van der Waals surface area contributed by atoms with Gasteiger partial charge < -0.3 is 21.1 Å². The Kier molecular flexibility index (Phi) is 9.73. The van der Waals surface area contributed by atoms with E-state index in [0.29, 0.717) is 18.2 Å². The minimum atomic E-state index is -1.06. The molecule has 0 fully saturated rings. The predicted octanol–water partition coefficient (Wildman–Crippen LogP) is 2.10. The molecule has 0 aliphatic carbocycles. The standard InChI is InChI=1S/C19H25N5O2.HI/c1-3-21-18(22-13-17(25)24-16-10-7-11-20-12-16)23-14-19(2,26)15-8-5-4-6-9-15;/h4-12,26H,3,13-14H2,1-2H3,(H,24,25)(H2,21,22,23);1H. The monoisotopic (exact) mass is 483 g/mol. The highest BCUT2D eigenvalue weighted by Gasteiger charge is 2.22. The SMILES string of the molecule is CCNC(=NCC(=O)Nc1cccnc1)NCC(C)(O)c1ccccc1.I. The second kappa shape index (κ2) is 11.5. The number of halogens is 1. The molecule has 1 atom stereocenters. The number of pyridine rings is 1. The molecule has 2 aromatic rings. The Hall–Kier alpha value is -2.20. The van der Waals surface area contributed by atoms with Gasteiger partial charge in [-0.1, -0.05) is 30.3 Å². The summed E-state index contributed by atoms with van der Waals surface area (Å²) < 4.78 is 0. The molecule has 1 heterocycles. The Balaban J connectivity index is 0.00000364. The molecular formula is C19H26IN5O2. The number of carbonyl (C=O) groups excluding carboxylic acids is 1. The van der Waals surface area contributed by atoms with Crippen LogP contribution in [0.25, 0.3) is 0 Å². The molecule has 0 aliphatic heterocycles. The van der Waals surface area contributed by atoms with Crippen molar-refractivity contribution in [2.24, 2.45) is 4.99 Å². The number of benzene rings is 1. The van der Waals surface area contributed by atoms with E-state index in [0.717, 1.165) is 5.56 Å². The Morgan fingerprint density at radius 1 is 1.19 bits per heavy atom. The molecule has 1 aromatic heterocycles. The number of nitrogens with one attached hydrogen (secondary N) is 3. The molecule has 1 unspecified atom stereocenters. The lowest BCUT2D eigenvalue weighted by molar-refractivity contribution is -0.114. The van der Waals surface area contributed by atoms with E-state index in [1.165, 1.54) is 0 Å². The van der Waals surface area contributed by atoms with Gasteiger partial charge in [0.05, 0.1) is 18.4 Å². The van der Waals surface area contributed by atoms with E-state index in [4.69, 9.17) is 0 Å². The van der Waals surface area contributed by atoms with Gasteiger partial charge in [0.1, 0.15) is 12.1 Å². The largest absolute Gasteiger partial charge is 0.384 e. The summed E-state index contributed by atoms with van der Waals surface area (Å²) in [5.41, 5.74) is 0.366. The molecule has 1 amide bonds. The average molecular weight is 483 g/mol. The molecule has 1 aromatic carbocycles. The topological polar surface area (TPSA) is 98.6 Å². The minimum Gasteiger partial charge on any atom is -0.384 e. The number of aromatic nitrogens is 1. The summed E-state index contributed by atoms with van der Waals surface area (Å²) in [5.74, 6) is 0.218. The third-order valence-corrected chi connectivity index (χ3v) is 3.67. The van der Waals surface area contributed by atoms with E-state index < -0.39 is 5.60 Å². The maximum Gasteiger partial charge on any atom is 0.246 e. The molecule has 0 aliphatic rings. The Bertz CT molecular complexity index is 723. The number of guanidine groups is 1. The zero-order valence-corrected chi connectivity index (χ0v) is 17.8. The lowest BCUT2D eigenvalue weighted by Crippen LogP contribution is -2.44. The second-order valence-corrected chi connectivity index (χ2v) is 5.98. The zero-order valence-electron chi connectivity index (χ0n) is 15.5. The molecule has 8 heteroatoms. The fourth-order valence-corrected chi connectivity index (χ4v) is 2.28. The van der Waals surface area contributed by atoms with Gasteiger partial charge in [-0.25, -0.2) is 4.99 Å². The van der Waals surface area contributed by atoms with Crippen LogP contribution in [0.5, 0.6) is 0 Å². The number of anilines is 1. The number of nitrogens with zero attached hydrogens (tertiary/aromatic N) is 2. The summed E-state index contributed by atoms with van der Waals surface area (Å²) >= 11 is 0. The predicted molar refractivity (Wildman–Crippen MR) is 118 cm³/mol. The number of aliphatic imine (C=N–C) groups is 1. The van der Waals surface area contributed by atoms with Gasteiger partial charge in [-0.15, -0.1) is 24.0 Å². The quantitative estimate of drug-likeness (QED) is 0.275. The molecule has 146 valence electrons. The van der Waals surface area contributed by atoms with Crippen LogP contribution in [0.3, 0.4) is 0 Å². The van der Waals surface area contributed by atoms with Crippen LogP contribution in [0.15, 0.2) is 59.9 Å². The summed E-state index contributed by atoms with van der Waals surface area (Å²) in [4.78, 5) is 20.2. The summed E-state index contributed by atoms with van der Waals surface area (Å²) in [7, 11) is 0. The maximum absolute atomic E-state index is 12.0. The lowest BCUT2D eigenvalue weighted by atomic mass is 9.96. The number of rotatable bonds is 7. The molecule has 7 nitrogen and oxygen atoms in total. The van der Waals surface area contributed by atoms with E-state index in [2.05, 4.69) is 25.9 Å². The maximum atomic E-state index is 12.0. The van der Waals surface area contributed by atoms with E-state index in [1.807, 2.05) is 37.3 Å². The first kappa shape index (κ1) is 22.8. The van der Waals surface area contributed by atoms with Crippen LogP contribution in [0, 0.1) is 0 Å². The van der Waals surface area contributed by atoms with Crippen molar-refractivity contribution in [2.75, 3.05) is 25.0 Å². The number of amides is 1. The number of carbonyl (C=O) groups is 1. The van der Waals surface area contributed by atoms with E-state index in [-0.39, 0.29) is 43.0 Å². The van der Waals surface area contributed by atoms with Crippen LogP contribution in [0.2, 0.25) is 0 Å². The van der Waals surface area contributed by atoms with Gasteiger partial charge in [0.2, 0.25) is 5.91 Å². The molecule has 0 saturated carbocycles. The van der Waals surface area contributed by atoms with Crippen molar-refractivity contribution in [1.82, 2.24) is 15.6 Å². The van der Waals surface area contributed by atoms with E-state index >= 15 is 0 Å². The van der Waals surface area contributed by atoms with Crippen LogP contribution in [-0.2, 0) is 10.4 Å². The number of hydrogen-bond donors (Lipinski definition) is 4. The van der Waals surface area contributed by atoms with Gasteiger partial charge >= 0.3 is 0 Å². The molecule has 2 rings (SSSR count). The van der Waals surface area contributed by atoms with Crippen LogP contribution in [0.1, 0.15) is 19.4 Å². The van der Waals surface area contributed by atoms with Crippen LogP contribution >= 0.6 is 24.0 Å². The Morgan fingerprint density at radius 3 is 2.56 bits per heavy atom. The zero-order chi connectivity index (χ0) is 18.8. The normalized spacial score (nSPS) is 13.1. The number of hydrogen-bond acceptors (Lipinski definition) is 4. The Morgan fingerprint density at radius 2 is 1.93 bits per heavy atom. The summed E-state index contributed by atoms with van der Waals surface area (Å²) in [6, 6.07) is 12.9. The van der Waals surface area contributed by atoms with Crippen molar-refractivity contribution >= 4 is 41.5 Å². The average Bonchev–Trinajstić information content (AvgIpc) is 2.65. The van der Waals surface area contributed by atoms with Crippen LogP contribution < -0.4 is 16.0 Å². The molecular weight excluding hydrogens is 457 g/mol. The summed E-state index contributed by atoms with van der Waals surface area (Å²) in [6.07, 6.45) is 3.21. The molecule has 4 N–H and O–H groups in total. The molecule has 0 radical (unpaired) electrons. The molecule has 0 saturated heterocycles. The summed E-state index contributed by atoms with van der Waals surface area (Å²) in [6.45, 7) is 4.52. The van der Waals surface area contributed by atoms with Crippen LogP contribution in [0.4, 0.5) is 5.69 Å². The first-order chi connectivity index (χ1) is 12.5. The van der Waals surface area contributed by atoms with Crippen molar-refractivity contribution in [3.63, 3.8) is 0 Å². The van der Waals surface area contributed by atoms with Crippen molar-refractivity contribution in [1.29, 1.82) is 0 Å². The van der Waals surface area contributed by atoms with Crippen molar-refractivity contribution in [3.05, 3.63) is 60.4 Å². The summed E-state index contributed by atoms with van der Waals surface area (Å²) in [5, 5.41) is 19.5. The third-order valence-electron chi connectivity index (χ3n) is 3.67. The second-order valence-electron chi connectivity index (χ2n) is 5.98. The third kappa shape index (κ3) is 7.92. The van der Waals surface area contributed by atoms with Gasteiger partial charge in [-0.3, -0.25) is 9.78 Å². The van der Waals surface area contributed by atoms with Gasteiger partial charge in [-0.05, 0) is 31.5 Å². The van der Waals surface area contributed by atoms with E-state index in [1.54, 1.807) is 31.5 Å². The molecule has 0 bridgehead atoms. The fourth-order valence-electron chi connectivity index (χ4n) is 2.28. The van der Waals surface area contributed by atoms with Gasteiger partial charge in [0, 0.05) is 12.7 Å². The van der Waals surface area contributed by atoms with Gasteiger partial charge in [0.15, 0.2) is 5.96 Å². The van der Waals surface area contributed by atoms with E-state index in [9.17, 15) is 9.90 Å². The first-order valence-electron chi connectivity index (χ1n) is 8.51. The van der Waals surface area contributed by atoms with Crippen molar-refractivity contribution < 1.29 is 9.90 Å². The highest BCUT2D eigenvalue weighted by molar-refractivity contribution is 14.0. The van der Waals surface area contributed by atoms with Crippen molar-refractivity contribution in [3.8, 4) is 0 Å². The van der Waals surface area contributed by atoms with Gasteiger partial charge in [0.25, 0.3) is 0 Å². The molecule has 27 heavy (non-hydrogen) atoms.